The molecule has 0 spiro atoms. The standard InChI is InChI=1S/C12H16INO2S/c1-12(2,3)16-11(15)14-7-4-5-10(9-14)6-8-17-13/h5H,4,7,9H2,1-3H3. The predicted molar refractivity (Wildman–Crippen MR) is 79.9 cm³/mol. The molecule has 0 N–H and O–H groups in total. The van der Waals surface area contributed by atoms with Gasteiger partial charge in [-0.1, -0.05) is 12.0 Å². The Labute approximate surface area is 119 Å². The number of carbonyl (C=O) groups is 1. The highest BCUT2D eigenvalue weighted by atomic mass is 127. The van der Waals surface area contributed by atoms with Gasteiger partial charge in [0.1, 0.15) is 5.60 Å². The second kappa shape index (κ2) is 6.55. The zero-order valence-corrected chi connectivity index (χ0v) is 13.2. The molecule has 0 unspecified atom stereocenters. The lowest BCUT2D eigenvalue weighted by Crippen LogP contribution is -2.39. The molecule has 3 nitrogen and oxygen atoms in total. The first-order valence-corrected chi connectivity index (χ1v) is 8.74. The van der Waals surface area contributed by atoms with Crippen molar-refractivity contribution >= 4 is 36.2 Å². The zero-order valence-electron chi connectivity index (χ0n) is 10.2. The van der Waals surface area contributed by atoms with Crippen molar-refractivity contribution in [3.63, 3.8) is 0 Å². The molecule has 0 aromatic heterocycles. The summed E-state index contributed by atoms with van der Waals surface area (Å²) >= 11 is 2.13. The van der Waals surface area contributed by atoms with E-state index >= 15 is 0 Å². The number of hydrogen-bond donors (Lipinski definition) is 0. The molecule has 0 radical (unpaired) electrons. The van der Waals surface area contributed by atoms with Gasteiger partial charge in [0.2, 0.25) is 0 Å². The van der Waals surface area contributed by atoms with Crippen molar-refractivity contribution in [2.24, 2.45) is 0 Å². The van der Waals surface area contributed by atoms with Gasteiger partial charge in [-0.2, -0.15) is 0 Å². The first kappa shape index (κ1) is 14.7. The molecule has 0 aromatic rings. The van der Waals surface area contributed by atoms with Crippen LogP contribution in [0.5, 0.6) is 0 Å². The molecular formula is C12H16INO2S. The molecule has 1 heterocycles. The van der Waals surface area contributed by atoms with Crippen molar-refractivity contribution in [2.75, 3.05) is 13.1 Å². The van der Waals surface area contributed by atoms with E-state index < -0.39 is 5.60 Å². The van der Waals surface area contributed by atoms with E-state index in [4.69, 9.17) is 4.74 Å². The molecule has 0 saturated carbocycles. The van der Waals surface area contributed by atoms with Gasteiger partial charge in [-0.25, -0.2) is 4.79 Å². The highest BCUT2D eigenvalue weighted by molar-refractivity contribution is 14.2. The van der Waals surface area contributed by atoms with E-state index in [0.717, 1.165) is 12.0 Å². The molecule has 5 heteroatoms. The third-order valence-corrected chi connectivity index (χ3v) is 2.89. The monoisotopic (exact) mass is 365 g/mol. The van der Waals surface area contributed by atoms with E-state index in [1.54, 1.807) is 4.90 Å². The molecule has 0 atom stereocenters. The third kappa shape index (κ3) is 5.68. The van der Waals surface area contributed by atoms with Crippen LogP contribution in [0.1, 0.15) is 27.2 Å². The SMILES string of the molecule is CC(C)(C)OC(=O)N1CCC=C(C#CSI)C1. The summed E-state index contributed by atoms with van der Waals surface area (Å²) in [6.07, 6.45) is 2.67. The van der Waals surface area contributed by atoms with Crippen LogP contribution in [-0.4, -0.2) is 29.7 Å². The maximum absolute atomic E-state index is 11.9. The van der Waals surface area contributed by atoms with E-state index in [9.17, 15) is 4.79 Å². The van der Waals surface area contributed by atoms with E-state index in [0.29, 0.717) is 13.1 Å². The topological polar surface area (TPSA) is 29.5 Å². The Morgan fingerprint density at radius 3 is 2.88 bits per heavy atom. The van der Waals surface area contributed by atoms with Gasteiger partial charge in [0.15, 0.2) is 0 Å². The van der Waals surface area contributed by atoms with Gasteiger partial charge in [0.05, 0.1) is 6.54 Å². The largest absolute Gasteiger partial charge is 0.444 e. The number of hydrogen-bond acceptors (Lipinski definition) is 3. The smallest absolute Gasteiger partial charge is 0.410 e. The van der Waals surface area contributed by atoms with Gasteiger partial charge in [-0.3, -0.25) is 0 Å². The fraction of sp³-hybridized carbons (Fsp3) is 0.583. The van der Waals surface area contributed by atoms with Crippen molar-refractivity contribution in [1.29, 1.82) is 0 Å². The van der Waals surface area contributed by atoms with E-state index in [1.807, 2.05) is 20.8 Å². The van der Waals surface area contributed by atoms with Crippen LogP contribution in [-0.2, 0) is 4.74 Å². The maximum atomic E-state index is 11.9. The van der Waals surface area contributed by atoms with Crippen LogP contribution in [0.2, 0.25) is 0 Å². The number of carbonyl (C=O) groups excluding carboxylic acids is 1. The van der Waals surface area contributed by atoms with Crippen LogP contribution in [0.3, 0.4) is 0 Å². The van der Waals surface area contributed by atoms with Gasteiger partial charge in [0.25, 0.3) is 0 Å². The van der Waals surface area contributed by atoms with Crippen LogP contribution < -0.4 is 0 Å². The first-order chi connectivity index (χ1) is 7.92. The first-order valence-electron chi connectivity index (χ1n) is 5.38. The number of halogens is 1. The van der Waals surface area contributed by atoms with Gasteiger partial charge in [0, 0.05) is 33.3 Å². The Balaban J connectivity index is 2.58. The number of ether oxygens (including phenoxy) is 1. The quantitative estimate of drug-likeness (QED) is 0.485. The number of amides is 1. The summed E-state index contributed by atoms with van der Waals surface area (Å²) in [5, 5.41) is 2.93. The summed E-state index contributed by atoms with van der Waals surface area (Å²) in [5.74, 6) is 3.04. The highest BCUT2D eigenvalue weighted by Crippen LogP contribution is 2.15. The predicted octanol–water partition coefficient (Wildman–Crippen LogP) is 3.60. The molecule has 1 aliphatic heterocycles. The summed E-state index contributed by atoms with van der Waals surface area (Å²) in [6.45, 7) is 6.88. The molecular weight excluding hydrogens is 349 g/mol. The Hall–Kier alpha value is -0.350. The second-order valence-electron chi connectivity index (χ2n) is 4.72. The normalized spacial score (nSPS) is 15.8. The van der Waals surface area contributed by atoms with E-state index in [-0.39, 0.29) is 6.09 Å². The summed E-state index contributed by atoms with van der Waals surface area (Å²) < 4.78 is 5.33. The van der Waals surface area contributed by atoms with Crippen molar-refractivity contribution in [3.8, 4) is 11.2 Å². The van der Waals surface area contributed by atoms with Crippen molar-refractivity contribution in [2.45, 2.75) is 32.8 Å². The maximum Gasteiger partial charge on any atom is 0.410 e. The molecule has 1 aliphatic rings. The van der Waals surface area contributed by atoms with Gasteiger partial charge < -0.3 is 9.64 Å². The molecule has 0 bridgehead atoms. The Kier molecular flexibility index (Phi) is 5.67. The molecule has 1 rings (SSSR count). The average molecular weight is 365 g/mol. The summed E-state index contributed by atoms with van der Waals surface area (Å²) in [5.41, 5.74) is 0.550. The van der Waals surface area contributed by atoms with Gasteiger partial charge in [-0.15, -0.1) is 0 Å². The highest BCUT2D eigenvalue weighted by Gasteiger charge is 2.23. The molecule has 0 saturated heterocycles. The lowest BCUT2D eigenvalue weighted by Gasteiger charge is -2.29. The molecule has 0 aliphatic carbocycles. The molecule has 0 fully saturated rings. The lowest BCUT2D eigenvalue weighted by molar-refractivity contribution is 0.0264. The minimum atomic E-state index is -0.442. The second-order valence-corrected chi connectivity index (χ2v) is 6.40. The van der Waals surface area contributed by atoms with Crippen LogP contribution in [0, 0.1) is 11.2 Å². The molecule has 94 valence electrons. The van der Waals surface area contributed by atoms with E-state index in [1.165, 1.54) is 8.93 Å². The van der Waals surface area contributed by atoms with Gasteiger partial charge in [-0.05, 0) is 41.4 Å². The lowest BCUT2D eigenvalue weighted by atomic mass is 10.1. The van der Waals surface area contributed by atoms with Crippen LogP contribution >= 0.6 is 30.1 Å². The molecule has 17 heavy (non-hydrogen) atoms. The summed E-state index contributed by atoms with van der Waals surface area (Å²) in [4.78, 5) is 13.6. The van der Waals surface area contributed by atoms with Crippen molar-refractivity contribution in [3.05, 3.63) is 11.6 Å². The molecule has 1 amide bonds. The number of nitrogens with zero attached hydrogens (tertiary/aromatic N) is 1. The third-order valence-electron chi connectivity index (χ3n) is 2.05. The minimum absolute atomic E-state index is 0.257. The Bertz CT molecular complexity index is 376. The minimum Gasteiger partial charge on any atom is -0.444 e. The zero-order chi connectivity index (χ0) is 12.9. The van der Waals surface area contributed by atoms with E-state index in [2.05, 4.69) is 38.5 Å². The summed E-state index contributed by atoms with van der Waals surface area (Å²) in [7, 11) is 1.45. The van der Waals surface area contributed by atoms with Crippen LogP contribution in [0.4, 0.5) is 4.79 Å². The Morgan fingerprint density at radius 1 is 1.59 bits per heavy atom. The van der Waals surface area contributed by atoms with Crippen molar-refractivity contribution in [1.82, 2.24) is 4.90 Å². The van der Waals surface area contributed by atoms with Gasteiger partial charge >= 0.3 is 6.09 Å². The summed E-state index contributed by atoms with van der Waals surface area (Å²) in [6, 6.07) is 0. The number of rotatable bonds is 0. The molecule has 0 aromatic carbocycles. The Morgan fingerprint density at radius 2 is 2.29 bits per heavy atom. The van der Waals surface area contributed by atoms with Crippen LogP contribution in [0.15, 0.2) is 11.6 Å². The van der Waals surface area contributed by atoms with Crippen LogP contribution in [0.25, 0.3) is 0 Å². The van der Waals surface area contributed by atoms with Crippen molar-refractivity contribution < 1.29 is 9.53 Å². The fourth-order valence-corrected chi connectivity index (χ4v) is 1.90. The average Bonchev–Trinajstić information content (AvgIpc) is 2.24. The fourth-order valence-electron chi connectivity index (χ4n) is 1.40.